The standard InChI is InChI=1S/C16H24O2/c1-12-11-15(18-5)13(2)10-14(12)8-6-7-9-16(3,4)17/h6,8,10-11,17H,7,9H2,1-5H3/b8-6+. The molecule has 18 heavy (non-hydrogen) atoms. The van der Waals surface area contributed by atoms with E-state index in [1.807, 2.05) is 20.8 Å². The fourth-order valence-electron chi connectivity index (χ4n) is 1.86. The summed E-state index contributed by atoms with van der Waals surface area (Å²) in [7, 11) is 1.70. The van der Waals surface area contributed by atoms with E-state index in [4.69, 9.17) is 4.74 Å². The van der Waals surface area contributed by atoms with Gasteiger partial charge in [-0.15, -0.1) is 0 Å². The molecule has 0 aromatic heterocycles. The van der Waals surface area contributed by atoms with Crippen molar-refractivity contribution in [2.45, 2.75) is 46.1 Å². The maximum absolute atomic E-state index is 9.63. The molecule has 0 radical (unpaired) electrons. The first-order chi connectivity index (χ1) is 8.33. The van der Waals surface area contributed by atoms with Crippen LogP contribution in [0.3, 0.4) is 0 Å². The minimum atomic E-state index is -0.588. The van der Waals surface area contributed by atoms with Gasteiger partial charge in [0.15, 0.2) is 0 Å². The van der Waals surface area contributed by atoms with Gasteiger partial charge in [0.2, 0.25) is 0 Å². The van der Waals surface area contributed by atoms with E-state index < -0.39 is 5.60 Å². The van der Waals surface area contributed by atoms with Crippen molar-refractivity contribution >= 4 is 6.08 Å². The van der Waals surface area contributed by atoms with E-state index in [0.717, 1.165) is 24.2 Å². The van der Waals surface area contributed by atoms with Crippen molar-refractivity contribution in [2.24, 2.45) is 0 Å². The summed E-state index contributed by atoms with van der Waals surface area (Å²) in [5.74, 6) is 0.932. The lowest BCUT2D eigenvalue weighted by molar-refractivity contribution is 0.0722. The van der Waals surface area contributed by atoms with Crippen LogP contribution in [0.5, 0.6) is 5.75 Å². The quantitative estimate of drug-likeness (QED) is 0.857. The summed E-state index contributed by atoms with van der Waals surface area (Å²) in [6, 6.07) is 4.19. The average molecular weight is 248 g/mol. The Hall–Kier alpha value is -1.28. The molecule has 0 aliphatic rings. The summed E-state index contributed by atoms with van der Waals surface area (Å²) in [6.07, 6.45) is 5.89. The number of methoxy groups -OCH3 is 1. The molecule has 1 rings (SSSR count). The zero-order valence-corrected chi connectivity index (χ0v) is 12.1. The summed E-state index contributed by atoms with van der Waals surface area (Å²) in [6.45, 7) is 7.80. The Morgan fingerprint density at radius 1 is 1.22 bits per heavy atom. The normalized spacial score (nSPS) is 12.1. The summed E-state index contributed by atoms with van der Waals surface area (Å²) >= 11 is 0. The highest BCUT2D eigenvalue weighted by Gasteiger charge is 2.10. The van der Waals surface area contributed by atoms with Gasteiger partial charge in [-0.05, 0) is 69.4 Å². The van der Waals surface area contributed by atoms with Crippen LogP contribution in [0, 0.1) is 13.8 Å². The molecule has 0 saturated carbocycles. The van der Waals surface area contributed by atoms with Crippen molar-refractivity contribution in [1.82, 2.24) is 0 Å². The Morgan fingerprint density at radius 2 is 1.89 bits per heavy atom. The molecule has 2 nitrogen and oxygen atoms in total. The molecule has 2 heteroatoms. The van der Waals surface area contributed by atoms with E-state index in [9.17, 15) is 5.11 Å². The number of allylic oxidation sites excluding steroid dienone is 1. The molecule has 0 saturated heterocycles. The Bertz CT molecular complexity index is 425. The van der Waals surface area contributed by atoms with Crippen molar-refractivity contribution in [3.05, 3.63) is 34.9 Å². The van der Waals surface area contributed by atoms with Crippen LogP contribution >= 0.6 is 0 Å². The highest BCUT2D eigenvalue weighted by Crippen LogP contribution is 2.23. The van der Waals surface area contributed by atoms with E-state index >= 15 is 0 Å². The first kappa shape index (κ1) is 14.8. The van der Waals surface area contributed by atoms with Crippen molar-refractivity contribution in [3.8, 4) is 5.75 Å². The molecule has 1 aromatic carbocycles. The van der Waals surface area contributed by atoms with Crippen molar-refractivity contribution in [3.63, 3.8) is 0 Å². The van der Waals surface area contributed by atoms with Gasteiger partial charge in [-0.1, -0.05) is 12.2 Å². The second kappa shape index (κ2) is 6.05. The highest BCUT2D eigenvalue weighted by molar-refractivity contribution is 5.57. The number of hydrogen-bond donors (Lipinski definition) is 1. The molecular weight excluding hydrogens is 224 g/mol. The zero-order chi connectivity index (χ0) is 13.8. The predicted molar refractivity (Wildman–Crippen MR) is 77.0 cm³/mol. The van der Waals surface area contributed by atoms with Crippen molar-refractivity contribution < 1.29 is 9.84 Å². The van der Waals surface area contributed by atoms with Crippen LogP contribution in [-0.4, -0.2) is 17.8 Å². The third kappa shape index (κ3) is 4.53. The number of rotatable bonds is 5. The van der Waals surface area contributed by atoms with Crippen LogP contribution in [-0.2, 0) is 0 Å². The molecule has 1 aromatic rings. The Morgan fingerprint density at radius 3 is 2.44 bits per heavy atom. The van der Waals surface area contributed by atoms with Gasteiger partial charge >= 0.3 is 0 Å². The van der Waals surface area contributed by atoms with Gasteiger partial charge in [0.05, 0.1) is 12.7 Å². The maximum atomic E-state index is 9.63. The largest absolute Gasteiger partial charge is 0.496 e. The summed E-state index contributed by atoms with van der Waals surface area (Å²) < 4.78 is 5.29. The maximum Gasteiger partial charge on any atom is 0.122 e. The molecule has 0 unspecified atom stereocenters. The van der Waals surface area contributed by atoms with E-state index in [2.05, 4.69) is 31.2 Å². The van der Waals surface area contributed by atoms with Crippen LogP contribution in [0.15, 0.2) is 18.2 Å². The van der Waals surface area contributed by atoms with Gasteiger partial charge in [0, 0.05) is 0 Å². The number of hydrogen-bond acceptors (Lipinski definition) is 2. The molecule has 0 aliphatic carbocycles. The lowest BCUT2D eigenvalue weighted by atomic mass is 10.0. The zero-order valence-electron chi connectivity index (χ0n) is 12.1. The molecule has 0 heterocycles. The first-order valence-corrected chi connectivity index (χ1v) is 6.37. The van der Waals surface area contributed by atoms with Gasteiger partial charge in [-0.3, -0.25) is 0 Å². The second-order valence-electron chi connectivity index (χ2n) is 5.43. The van der Waals surface area contributed by atoms with Gasteiger partial charge in [-0.2, -0.15) is 0 Å². The van der Waals surface area contributed by atoms with Crippen molar-refractivity contribution in [2.75, 3.05) is 7.11 Å². The molecule has 0 amide bonds. The Kier molecular flexibility index (Phi) is 4.97. The fraction of sp³-hybridized carbons (Fsp3) is 0.500. The lowest BCUT2D eigenvalue weighted by Crippen LogP contribution is -2.17. The SMILES string of the molecule is COc1cc(C)c(/C=C/CCC(C)(C)O)cc1C. The van der Waals surface area contributed by atoms with Gasteiger partial charge < -0.3 is 9.84 Å². The lowest BCUT2D eigenvalue weighted by Gasteiger charge is -2.15. The van der Waals surface area contributed by atoms with E-state index in [-0.39, 0.29) is 0 Å². The van der Waals surface area contributed by atoms with Crippen LogP contribution < -0.4 is 4.74 Å². The molecular formula is C16H24O2. The predicted octanol–water partition coefficient (Wildman–Crippen LogP) is 3.88. The van der Waals surface area contributed by atoms with Crippen molar-refractivity contribution in [1.29, 1.82) is 0 Å². The highest BCUT2D eigenvalue weighted by atomic mass is 16.5. The Balaban J connectivity index is 2.73. The molecule has 0 fully saturated rings. The second-order valence-corrected chi connectivity index (χ2v) is 5.43. The van der Waals surface area contributed by atoms with E-state index in [1.54, 1.807) is 7.11 Å². The van der Waals surface area contributed by atoms with Gasteiger partial charge in [0.1, 0.15) is 5.75 Å². The number of aliphatic hydroxyl groups is 1. The number of ether oxygens (including phenoxy) is 1. The smallest absolute Gasteiger partial charge is 0.122 e. The molecule has 100 valence electrons. The average Bonchev–Trinajstić information content (AvgIpc) is 2.27. The summed E-state index contributed by atoms with van der Waals surface area (Å²) in [5.41, 5.74) is 2.97. The van der Waals surface area contributed by atoms with Gasteiger partial charge in [0.25, 0.3) is 0 Å². The molecule has 1 N–H and O–H groups in total. The van der Waals surface area contributed by atoms with E-state index in [0.29, 0.717) is 0 Å². The molecule has 0 bridgehead atoms. The molecule has 0 aliphatic heterocycles. The minimum Gasteiger partial charge on any atom is -0.496 e. The van der Waals surface area contributed by atoms with Crippen LogP contribution in [0.25, 0.3) is 6.08 Å². The number of benzene rings is 1. The van der Waals surface area contributed by atoms with Crippen LogP contribution in [0.2, 0.25) is 0 Å². The summed E-state index contributed by atoms with van der Waals surface area (Å²) in [5, 5.41) is 9.63. The fourth-order valence-corrected chi connectivity index (χ4v) is 1.86. The summed E-state index contributed by atoms with van der Waals surface area (Å²) in [4.78, 5) is 0. The van der Waals surface area contributed by atoms with Gasteiger partial charge in [-0.25, -0.2) is 0 Å². The first-order valence-electron chi connectivity index (χ1n) is 6.37. The molecule has 0 atom stereocenters. The third-order valence-corrected chi connectivity index (χ3v) is 3.00. The Labute approximate surface area is 110 Å². The van der Waals surface area contributed by atoms with Crippen LogP contribution in [0.4, 0.5) is 0 Å². The molecule has 0 spiro atoms. The monoisotopic (exact) mass is 248 g/mol. The third-order valence-electron chi connectivity index (χ3n) is 3.00. The topological polar surface area (TPSA) is 29.5 Å². The minimum absolute atomic E-state index is 0.588. The number of aryl methyl sites for hydroxylation is 2. The van der Waals surface area contributed by atoms with E-state index in [1.165, 1.54) is 11.1 Å². The van der Waals surface area contributed by atoms with Crippen LogP contribution in [0.1, 0.15) is 43.4 Å².